The number of carbonyl (C=O) groups is 3. The molecule has 2 amide bonds. The van der Waals surface area contributed by atoms with Crippen LogP contribution in [0.4, 0.5) is 14.5 Å². The maximum atomic E-state index is 12.1. The third-order valence-corrected chi connectivity index (χ3v) is 3.57. The van der Waals surface area contributed by atoms with Crippen LogP contribution in [0.3, 0.4) is 0 Å². The van der Waals surface area contributed by atoms with Crippen LogP contribution in [0, 0.1) is 17.0 Å². The lowest BCUT2D eigenvalue weighted by Gasteiger charge is -2.07. The van der Waals surface area contributed by atoms with E-state index in [4.69, 9.17) is 4.74 Å². The minimum absolute atomic E-state index is 0.0135. The summed E-state index contributed by atoms with van der Waals surface area (Å²) >= 11 is 0. The molecule has 2 rings (SSSR count). The summed E-state index contributed by atoms with van der Waals surface area (Å²) in [5, 5.41) is 12.8. The number of alkyl halides is 2. The van der Waals surface area contributed by atoms with Crippen molar-refractivity contribution in [2.75, 3.05) is 6.61 Å². The molecule has 0 heterocycles. The van der Waals surface area contributed by atoms with Crippen molar-refractivity contribution in [2.24, 2.45) is 0 Å². The predicted octanol–water partition coefficient (Wildman–Crippen LogP) is 2.62. The third kappa shape index (κ3) is 6.06. The first-order valence-corrected chi connectivity index (χ1v) is 7.98. The normalized spacial score (nSPS) is 10.3. The van der Waals surface area contributed by atoms with Gasteiger partial charge in [-0.25, -0.2) is 4.79 Å². The molecule has 0 aliphatic carbocycles. The predicted molar refractivity (Wildman–Crippen MR) is 93.7 cm³/mol. The van der Waals surface area contributed by atoms with Crippen LogP contribution < -0.4 is 10.1 Å². The van der Waals surface area contributed by atoms with E-state index in [9.17, 15) is 33.3 Å². The fourth-order valence-electron chi connectivity index (χ4n) is 2.17. The molecule has 0 aliphatic heterocycles. The van der Waals surface area contributed by atoms with Crippen molar-refractivity contribution in [3.05, 3.63) is 69.3 Å². The van der Waals surface area contributed by atoms with Crippen molar-refractivity contribution in [2.45, 2.75) is 13.5 Å². The first-order valence-electron chi connectivity index (χ1n) is 7.98. The maximum Gasteiger partial charge on any atom is 0.387 e. The number of amides is 2. The molecule has 0 saturated carbocycles. The van der Waals surface area contributed by atoms with Gasteiger partial charge in [-0.05, 0) is 37.3 Å². The van der Waals surface area contributed by atoms with Crippen LogP contribution in [-0.4, -0.2) is 35.9 Å². The van der Waals surface area contributed by atoms with Crippen molar-refractivity contribution in [1.82, 2.24) is 5.32 Å². The molecule has 0 aromatic heterocycles. The molecule has 2 aromatic rings. The number of nitrogens with one attached hydrogen (secondary N) is 1. The Labute approximate surface area is 162 Å². The molecule has 0 spiro atoms. The first-order chi connectivity index (χ1) is 13.7. The van der Waals surface area contributed by atoms with Crippen LogP contribution in [0.1, 0.15) is 26.3 Å². The van der Waals surface area contributed by atoms with Crippen LogP contribution in [0.5, 0.6) is 5.75 Å². The number of esters is 1. The second kappa shape index (κ2) is 9.35. The molecule has 0 radical (unpaired) electrons. The summed E-state index contributed by atoms with van der Waals surface area (Å²) < 4.78 is 33.0. The molecular formula is C18H14F2N2O7. The number of halogens is 2. The van der Waals surface area contributed by atoms with Crippen LogP contribution in [0.2, 0.25) is 0 Å². The highest BCUT2D eigenvalue weighted by Gasteiger charge is 2.18. The quantitative estimate of drug-likeness (QED) is 0.424. The van der Waals surface area contributed by atoms with Gasteiger partial charge in [-0.2, -0.15) is 8.78 Å². The monoisotopic (exact) mass is 408 g/mol. The lowest BCUT2D eigenvalue weighted by atomic mass is 10.1. The van der Waals surface area contributed by atoms with Crippen molar-refractivity contribution in [3.63, 3.8) is 0 Å². The Balaban J connectivity index is 1.90. The largest absolute Gasteiger partial charge is 0.452 e. The van der Waals surface area contributed by atoms with Crippen LogP contribution in [0.15, 0.2) is 42.5 Å². The van der Waals surface area contributed by atoms with E-state index in [1.165, 1.54) is 19.1 Å². The van der Waals surface area contributed by atoms with Gasteiger partial charge in [-0.15, -0.1) is 0 Å². The van der Waals surface area contributed by atoms with Gasteiger partial charge in [0.25, 0.3) is 17.5 Å². The molecular weight excluding hydrogens is 394 g/mol. The van der Waals surface area contributed by atoms with Gasteiger partial charge in [0.15, 0.2) is 6.61 Å². The zero-order chi connectivity index (χ0) is 21.6. The maximum absolute atomic E-state index is 12.1. The number of carbonyl (C=O) groups excluding carboxylic acids is 3. The Kier molecular flexibility index (Phi) is 6.90. The Morgan fingerprint density at radius 3 is 2.31 bits per heavy atom. The number of nitro groups is 1. The molecule has 11 heteroatoms. The van der Waals surface area contributed by atoms with E-state index in [1.54, 1.807) is 0 Å². The summed E-state index contributed by atoms with van der Waals surface area (Å²) in [7, 11) is 0. The van der Waals surface area contributed by atoms with Gasteiger partial charge >= 0.3 is 12.6 Å². The van der Waals surface area contributed by atoms with E-state index < -0.39 is 35.9 Å². The van der Waals surface area contributed by atoms with Crippen LogP contribution >= 0.6 is 0 Å². The summed E-state index contributed by atoms with van der Waals surface area (Å²) in [5.74, 6) is -2.94. The smallest absolute Gasteiger partial charge is 0.387 e. The number of imide groups is 1. The van der Waals surface area contributed by atoms with Gasteiger partial charge in [0.05, 0.1) is 10.5 Å². The standard InChI is InChI=1S/C18H14F2N2O7/c1-10-2-3-12(8-14(10)22(26)27)17(25)28-9-15(23)21-16(24)11-4-6-13(7-5-11)29-18(19)20/h2-8,18H,9H2,1H3,(H,21,23,24). The van der Waals surface area contributed by atoms with Crippen LogP contribution in [-0.2, 0) is 9.53 Å². The van der Waals surface area contributed by atoms with Gasteiger partial charge in [0.2, 0.25) is 0 Å². The molecule has 2 aromatic carbocycles. The number of ether oxygens (including phenoxy) is 2. The summed E-state index contributed by atoms with van der Waals surface area (Å²) in [4.78, 5) is 45.9. The number of hydrogen-bond donors (Lipinski definition) is 1. The second-order valence-corrected chi connectivity index (χ2v) is 5.61. The zero-order valence-corrected chi connectivity index (χ0v) is 14.9. The SMILES string of the molecule is Cc1ccc(C(=O)OCC(=O)NC(=O)c2ccc(OC(F)F)cc2)cc1[N+](=O)[O-]. The Hall–Kier alpha value is -3.89. The van der Waals surface area contributed by atoms with E-state index in [0.717, 1.165) is 30.3 Å². The lowest BCUT2D eigenvalue weighted by Crippen LogP contribution is -2.34. The van der Waals surface area contributed by atoms with E-state index >= 15 is 0 Å². The number of nitrogens with zero attached hydrogens (tertiary/aromatic N) is 1. The summed E-state index contributed by atoms with van der Waals surface area (Å²) in [5.41, 5.74) is -0.0743. The summed E-state index contributed by atoms with van der Waals surface area (Å²) in [6.07, 6.45) is 0. The number of nitro benzene ring substituents is 1. The minimum Gasteiger partial charge on any atom is -0.452 e. The Bertz CT molecular complexity index is 946. The number of hydrogen-bond acceptors (Lipinski definition) is 7. The molecule has 29 heavy (non-hydrogen) atoms. The fourth-order valence-corrected chi connectivity index (χ4v) is 2.17. The van der Waals surface area contributed by atoms with E-state index in [2.05, 4.69) is 4.74 Å². The van der Waals surface area contributed by atoms with Gasteiger partial charge in [-0.1, -0.05) is 6.07 Å². The third-order valence-electron chi connectivity index (χ3n) is 3.57. The highest BCUT2D eigenvalue weighted by atomic mass is 19.3. The number of rotatable bonds is 7. The molecule has 0 bridgehead atoms. The minimum atomic E-state index is -3.01. The van der Waals surface area contributed by atoms with Gasteiger partial charge < -0.3 is 9.47 Å². The van der Waals surface area contributed by atoms with Gasteiger partial charge in [-0.3, -0.25) is 25.0 Å². The van der Waals surface area contributed by atoms with Gasteiger partial charge in [0.1, 0.15) is 5.75 Å². The highest BCUT2D eigenvalue weighted by Crippen LogP contribution is 2.19. The average Bonchev–Trinajstić information content (AvgIpc) is 2.66. The zero-order valence-electron chi connectivity index (χ0n) is 14.9. The topological polar surface area (TPSA) is 125 Å². The van der Waals surface area contributed by atoms with Crippen molar-refractivity contribution >= 4 is 23.5 Å². The Morgan fingerprint density at radius 2 is 1.72 bits per heavy atom. The molecule has 1 N–H and O–H groups in total. The molecule has 152 valence electrons. The molecule has 0 aliphatic rings. The summed E-state index contributed by atoms with van der Waals surface area (Å²) in [6, 6.07) is 8.25. The molecule has 0 fully saturated rings. The molecule has 0 unspecified atom stereocenters. The molecule has 0 saturated heterocycles. The summed E-state index contributed by atoms with van der Waals surface area (Å²) in [6.45, 7) is -2.32. The van der Waals surface area contributed by atoms with E-state index in [1.807, 2.05) is 5.32 Å². The van der Waals surface area contributed by atoms with E-state index in [0.29, 0.717) is 5.56 Å². The second-order valence-electron chi connectivity index (χ2n) is 5.61. The molecule has 9 nitrogen and oxygen atoms in total. The lowest BCUT2D eigenvalue weighted by molar-refractivity contribution is -0.385. The van der Waals surface area contributed by atoms with Crippen molar-refractivity contribution in [1.29, 1.82) is 0 Å². The average molecular weight is 408 g/mol. The van der Waals surface area contributed by atoms with Gasteiger partial charge in [0, 0.05) is 17.2 Å². The number of benzene rings is 2. The first kappa shape index (κ1) is 21.4. The fraction of sp³-hybridized carbons (Fsp3) is 0.167. The Morgan fingerprint density at radius 1 is 1.10 bits per heavy atom. The molecule has 0 atom stereocenters. The highest BCUT2D eigenvalue weighted by molar-refractivity contribution is 6.05. The van der Waals surface area contributed by atoms with Crippen molar-refractivity contribution in [3.8, 4) is 5.75 Å². The number of aryl methyl sites for hydroxylation is 1. The van der Waals surface area contributed by atoms with E-state index in [-0.39, 0.29) is 22.6 Å². The van der Waals surface area contributed by atoms with Crippen molar-refractivity contribution < 1.29 is 37.6 Å². The van der Waals surface area contributed by atoms with Crippen LogP contribution in [0.25, 0.3) is 0 Å².